The first kappa shape index (κ1) is 35.2. The quantitative estimate of drug-likeness (QED) is 0.125. The van der Waals surface area contributed by atoms with Crippen molar-refractivity contribution in [1.29, 1.82) is 0 Å². The number of aryl methyl sites for hydroxylation is 2. The summed E-state index contributed by atoms with van der Waals surface area (Å²) in [6, 6.07) is 37.1. The van der Waals surface area contributed by atoms with Crippen LogP contribution < -0.4 is 5.32 Å². The molecule has 0 radical (unpaired) electrons. The largest absolute Gasteiger partial charge is 0.478 e. The van der Waals surface area contributed by atoms with E-state index in [4.69, 9.17) is 4.74 Å². The van der Waals surface area contributed by atoms with Crippen molar-refractivity contribution < 1.29 is 19.4 Å². The molecule has 0 saturated carbocycles. The summed E-state index contributed by atoms with van der Waals surface area (Å²) in [6.45, 7) is 6.61. The number of anilines is 1. The number of amides is 1. The summed E-state index contributed by atoms with van der Waals surface area (Å²) in [5.41, 5.74) is 4.61. The van der Waals surface area contributed by atoms with E-state index in [-0.39, 0.29) is 22.9 Å². The van der Waals surface area contributed by atoms with Gasteiger partial charge in [0.05, 0.1) is 21.4 Å². The lowest BCUT2D eigenvalue weighted by Crippen LogP contribution is -2.42. The number of ether oxygens (including phenoxy) is 1. The number of hydrogen-bond acceptors (Lipinski definition) is 7. The average Bonchev–Trinajstić information content (AvgIpc) is 3.79. The average molecular weight is 706 g/mol. The van der Waals surface area contributed by atoms with Gasteiger partial charge in [-0.25, -0.2) is 14.6 Å². The SMILES string of the molecule is CC(C)(C)OC(=O)N1C[C@@H](SC(c2ccccc2)(c2ccccc2)c2ccccc2)C[C@H]1CNc1ccc(CCc2nccs2)c(C(=O)O)c1. The molecule has 7 nitrogen and oxygen atoms in total. The number of carbonyl (C=O) groups excluding carboxylic acids is 1. The van der Waals surface area contributed by atoms with Crippen molar-refractivity contribution in [3.05, 3.63) is 154 Å². The van der Waals surface area contributed by atoms with Crippen molar-refractivity contribution in [2.45, 2.75) is 61.7 Å². The smallest absolute Gasteiger partial charge is 0.410 e. The highest BCUT2D eigenvalue weighted by atomic mass is 32.2. The minimum atomic E-state index is -0.963. The van der Waals surface area contributed by atoms with E-state index in [1.54, 1.807) is 23.6 Å². The van der Waals surface area contributed by atoms with E-state index in [0.717, 1.165) is 17.0 Å². The Morgan fingerprint density at radius 1 is 0.900 bits per heavy atom. The van der Waals surface area contributed by atoms with E-state index in [9.17, 15) is 14.7 Å². The number of aromatic carboxylic acids is 1. The molecule has 258 valence electrons. The number of benzene rings is 4. The van der Waals surface area contributed by atoms with Crippen LogP contribution in [0.1, 0.15) is 64.8 Å². The zero-order valence-electron chi connectivity index (χ0n) is 28.6. The zero-order chi connectivity index (χ0) is 35.1. The van der Waals surface area contributed by atoms with Gasteiger partial charge in [0.1, 0.15) is 5.60 Å². The highest BCUT2D eigenvalue weighted by Crippen LogP contribution is 2.52. The number of aromatic nitrogens is 1. The Balaban J connectivity index is 1.29. The number of nitrogens with one attached hydrogen (secondary N) is 1. The third-order valence-electron chi connectivity index (χ3n) is 8.86. The molecule has 0 bridgehead atoms. The van der Waals surface area contributed by atoms with E-state index in [1.807, 2.05) is 73.1 Å². The fourth-order valence-electron chi connectivity index (χ4n) is 6.63. The van der Waals surface area contributed by atoms with Crippen LogP contribution in [0.4, 0.5) is 10.5 Å². The Bertz CT molecular complexity index is 1770. The second-order valence-corrected chi connectivity index (χ2v) is 16.0. The number of rotatable bonds is 12. The summed E-state index contributed by atoms with van der Waals surface area (Å²) in [5, 5.41) is 16.5. The number of hydrogen-bond donors (Lipinski definition) is 2. The molecule has 1 aliphatic heterocycles. The van der Waals surface area contributed by atoms with Crippen LogP contribution >= 0.6 is 23.1 Å². The summed E-state index contributed by atoms with van der Waals surface area (Å²) in [7, 11) is 0. The molecule has 1 amide bonds. The number of thioether (sulfide) groups is 1. The van der Waals surface area contributed by atoms with Gasteiger partial charge in [0.2, 0.25) is 0 Å². The molecular weight excluding hydrogens is 663 g/mol. The van der Waals surface area contributed by atoms with Crippen molar-refractivity contribution in [3.63, 3.8) is 0 Å². The van der Waals surface area contributed by atoms with Gasteiger partial charge in [-0.2, -0.15) is 0 Å². The molecule has 2 atom stereocenters. The van der Waals surface area contributed by atoms with Gasteiger partial charge in [0.15, 0.2) is 0 Å². The number of thiazole rings is 1. The van der Waals surface area contributed by atoms with Crippen LogP contribution in [0.15, 0.2) is 121 Å². The highest BCUT2D eigenvalue weighted by molar-refractivity contribution is 8.01. The first-order valence-corrected chi connectivity index (χ1v) is 18.7. The lowest BCUT2D eigenvalue weighted by Gasteiger charge is -2.37. The highest BCUT2D eigenvalue weighted by Gasteiger charge is 2.45. The molecule has 0 unspecified atom stereocenters. The minimum Gasteiger partial charge on any atom is -0.478 e. The van der Waals surface area contributed by atoms with Gasteiger partial charge in [-0.1, -0.05) is 97.1 Å². The van der Waals surface area contributed by atoms with E-state index < -0.39 is 16.3 Å². The molecule has 9 heteroatoms. The Morgan fingerprint density at radius 2 is 1.50 bits per heavy atom. The standard InChI is InChI=1S/C41H43N3O4S2/c1-40(2,3)48-39(47)44-28-35(26-34(44)27-43-33-21-19-29(36(25-33)38(45)46)20-22-37-42-23-24-49-37)50-41(30-13-7-4-8-14-30,31-15-9-5-10-16-31)32-17-11-6-12-18-32/h4-19,21,23-25,34-35,43H,20,22,26-28H2,1-3H3,(H,45,46)/t34-,35-/m0/s1. The van der Waals surface area contributed by atoms with Gasteiger partial charge < -0.3 is 20.1 Å². The Hall–Kier alpha value is -4.60. The Labute approximate surface area is 302 Å². The third kappa shape index (κ3) is 8.22. The Kier molecular flexibility index (Phi) is 10.9. The van der Waals surface area contributed by atoms with Crippen molar-refractivity contribution in [2.24, 2.45) is 0 Å². The monoisotopic (exact) mass is 705 g/mol. The van der Waals surface area contributed by atoms with E-state index in [1.165, 1.54) is 16.7 Å². The lowest BCUT2D eigenvalue weighted by molar-refractivity contribution is 0.0235. The molecule has 0 spiro atoms. The maximum Gasteiger partial charge on any atom is 0.410 e. The molecule has 5 aromatic rings. The summed E-state index contributed by atoms with van der Waals surface area (Å²) >= 11 is 3.45. The first-order valence-electron chi connectivity index (χ1n) is 16.9. The maximum atomic E-state index is 13.7. The molecule has 4 aromatic carbocycles. The van der Waals surface area contributed by atoms with E-state index in [0.29, 0.717) is 31.6 Å². The van der Waals surface area contributed by atoms with Crippen LogP contribution in [0.3, 0.4) is 0 Å². The van der Waals surface area contributed by atoms with Gasteiger partial charge in [0, 0.05) is 42.0 Å². The van der Waals surface area contributed by atoms with Gasteiger partial charge in [0.25, 0.3) is 0 Å². The molecule has 2 N–H and O–H groups in total. The van der Waals surface area contributed by atoms with Crippen molar-refractivity contribution in [2.75, 3.05) is 18.4 Å². The number of nitrogens with zero attached hydrogens (tertiary/aromatic N) is 2. The van der Waals surface area contributed by atoms with Gasteiger partial charge in [-0.3, -0.25) is 0 Å². The van der Waals surface area contributed by atoms with Gasteiger partial charge >= 0.3 is 12.1 Å². The summed E-state index contributed by atoms with van der Waals surface area (Å²) in [5.74, 6) is -0.963. The molecule has 1 aliphatic rings. The summed E-state index contributed by atoms with van der Waals surface area (Å²) in [4.78, 5) is 32.2. The third-order valence-corrected chi connectivity index (χ3v) is 11.4. The molecule has 6 rings (SSSR count). The van der Waals surface area contributed by atoms with Crippen molar-refractivity contribution in [1.82, 2.24) is 9.88 Å². The number of carbonyl (C=O) groups is 2. The molecule has 0 aliphatic carbocycles. The van der Waals surface area contributed by atoms with Crippen LogP contribution in [-0.2, 0) is 22.3 Å². The molecular formula is C41H43N3O4S2. The van der Waals surface area contributed by atoms with Crippen LogP contribution in [0.5, 0.6) is 0 Å². The predicted molar refractivity (Wildman–Crippen MR) is 203 cm³/mol. The minimum absolute atomic E-state index is 0.0674. The van der Waals surface area contributed by atoms with Crippen molar-refractivity contribution >= 4 is 40.8 Å². The second-order valence-electron chi connectivity index (χ2n) is 13.5. The predicted octanol–water partition coefficient (Wildman–Crippen LogP) is 9.14. The van der Waals surface area contributed by atoms with Crippen LogP contribution in [0.25, 0.3) is 0 Å². The Morgan fingerprint density at radius 3 is 2.02 bits per heavy atom. The molecule has 1 fully saturated rings. The summed E-state index contributed by atoms with van der Waals surface area (Å²) < 4.78 is 5.40. The molecule has 50 heavy (non-hydrogen) atoms. The normalized spacial score (nSPS) is 16.3. The maximum absolute atomic E-state index is 13.7. The van der Waals surface area contributed by atoms with E-state index >= 15 is 0 Å². The zero-order valence-corrected chi connectivity index (χ0v) is 30.3. The van der Waals surface area contributed by atoms with E-state index in [2.05, 4.69) is 83.1 Å². The summed E-state index contributed by atoms with van der Waals surface area (Å²) in [6.07, 6.45) is 3.43. The molecule has 2 heterocycles. The van der Waals surface area contributed by atoms with Crippen molar-refractivity contribution in [3.8, 4) is 0 Å². The van der Waals surface area contributed by atoms with Crippen LogP contribution in [0, 0.1) is 0 Å². The fourth-order valence-corrected chi connectivity index (χ4v) is 9.12. The molecule has 1 saturated heterocycles. The fraction of sp³-hybridized carbons (Fsp3) is 0.293. The van der Waals surface area contributed by atoms with Gasteiger partial charge in [-0.05, 0) is 68.0 Å². The number of carboxylic acid groups (broad SMARTS) is 1. The first-order chi connectivity index (χ1) is 24.1. The van der Waals surface area contributed by atoms with Gasteiger partial charge in [-0.15, -0.1) is 23.1 Å². The topological polar surface area (TPSA) is 91.8 Å². The second kappa shape index (κ2) is 15.5. The molecule has 1 aromatic heterocycles. The van der Waals surface area contributed by atoms with Crippen LogP contribution in [-0.4, -0.2) is 57.0 Å². The lowest BCUT2D eigenvalue weighted by atomic mass is 9.84. The number of carboxylic acids is 1. The number of likely N-dealkylation sites (tertiary alicyclic amines) is 1. The van der Waals surface area contributed by atoms with Crippen LogP contribution in [0.2, 0.25) is 0 Å².